The summed E-state index contributed by atoms with van der Waals surface area (Å²) in [6.07, 6.45) is 3.74. The average molecular weight is 254 g/mol. The molecule has 3 atom stereocenters. The first kappa shape index (κ1) is 12.3. The monoisotopic (exact) mass is 254 g/mol. The van der Waals surface area contributed by atoms with Gasteiger partial charge in [0.1, 0.15) is 12.3 Å². The molecule has 1 aromatic carbocycles. The molecule has 0 spiro atoms. The smallest absolute Gasteiger partial charge is 0.137 e. The summed E-state index contributed by atoms with van der Waals surface area (Å²) < 4.78 is 6.26. The Kier molecular flexibility index (Phi) is 3.32. The van der Waals surface area contributed by atoms with Crippen LogP contribution in [-0.4, -0.2) is 23.0 Å². The summed E-state index contributed by atoms with van der Waals surface area (Å²) in [6.45, 7) is 2.21. The van der Waals surface area contributed by atoms with E-state index in [1.165, 1.54) is 5.56 Å². The van der Waals surface area contributed by atoms with Gasteiger partial charge in [-0.3, -0.25) is 9.88 Å². The molecule has 1 saturated heterocycles. The van der Waals surface area contributed by atoms with Crippen molar-refractivity contribution >= 4 is 0 Å². The van der Waals surface area contributed by atoms with Gasteiger partial charge in [0.2, 0.25) is 0 Å². The van der Waals surface area contributed by atoms with Crippen molar-refractivity contribution in [3.8, 4) is 0 Å². The quantitative estimate of drug-likeness (QED) is 0.823. The molecule has 3 rings (SSSR count). The van der Waals surface area contributed by atoms with Crippen LogP contribution in [0.3, 0.4) is 0 Å². The van der Waals surface area contributed by atoms with Crippen molar-refractivity contribution in [3.63, 3.8) is 0 Å². The summed E-state index contributed by atoms with van der Waals surface area (Å²) in [5.41, 5.74) is 2.39. The van der Waals surface area contributed by atoms with E-state index in [2.05, 4.69) is 48.1 Å². The van der Waals surface area contributed by atoms with Gasteiger partial charge in [-0.1, -0.05) is 30.3 Å². The Labute approximate surface area is 113 Å². The summed E-state index contributed by atoms with van der Waals surface area (Å²) in [7, 11) is 2.11. The van der Waals surface area contributed by atoms with E-state index in [9.17, 15) is 0 Å². The standard InChI is InChI=1S/C16H18N2O/c1-12-15(13-6-4-3-5-7-13)19-16(18(12)2)14-8-10-17-11-9-14/h3-12,15-16H,1-2H3. The maximum Gasteiger partial charge on any atom is 0.137 e. The number of ether oxygens (including phenoxy) is 1. The normalized spacial score (nSPS) is 27.6. The summed E-state index contributed by atoms with van der Waals surface area (Å²) in [4.78, 5) is 6.33. The first-order valence-electron chi connectivity index (χ1n) is 6.59. The van der Waals surface area contributed by atoms with E-state index in [-0.39, 0.29) is 12.3 Å². The van der Waals surface area contributed by atoms with Crippen LogP contribution in [0, 0.1) is 0 Å². The highest BCUT2D eigenvalue weighted by atomic mass is 16.5. The molecule has 0 aliphatic carbocycles. The minimum atomic E-state index is 0.00297. The van der Waals surface area contributed by atoms with Gasteiger partial charge in [-0.15, -0.1) is 0 Å². The Morgan fingerprint density at radius 3 is 2.37 bits per heavy atom. The van der Waals surface area contributed by atoms with Crippen LogP contribution in [-0.2, 0) is 4.74 Å². The number of benzene rings is 1. The van der Waals surface area contributed by atoms with Gasteiger partial charge in [-0.25, -0.2) is 0 Å². The fourth-order valence-electron chi connectivity index (χ4n) is 2.62. The van der Waals surface area contributed by atoms with Crippen molar-refractivity contribution < 1.29 is 4.74 Å². The van der Waals surface area contributed by atoms with Crippen LogP contribution < -0.4 is 0 Å². The first-order chi connectivity index (χ1) is 9.27. The number of rotatable bonds is 2. The highest BCUT2D eigenvalue weighted by molar-refractivity contribution is 5.22. The second-order valence-electron chi connectivity index (χ2n) is 5.01. The molecule has 2 heterocycles. The maximum absolute atomic E-state index is 6.26. The second-order valence-corrected chi connectivity index (χ2v) is 5.01. The van der Waals surface area contributed by atoms with Gasteiger partial charge in [0.15, 0.2) is 0 Å². The van der Waals surface area contributed by atoms with Gasteiger partial charge in [0.05, 0.1) is 0 Å². The molecule has 1 fully saturated rings. The van der Waals surface area contributed by atoms with Gasteiger partial charge in [0.25, 0.3) is 0 Å². The summed E-state index contributed by atoms with van der Waals surface area (Å²) in [6, 6.07) is 14.8. The van der Waals surface area contributed by atoms with Crippen molar-refractivity contribution in [3.05, 3.63) is 66.0 Å². The zero-order valence-corrected chi connectivity index (χ0v) is 11.2. The van der Waals surface area contributed by atoms with Crippen molar-refractivity contribution in [1.29, 1.82) is 0 Å². The van der Waals surface area contributed by atoms with Crippen molar-refractivity contribution in [2.75, 3.05) is 7.05 Å². The molecule has 2 aromatic rings. The lowest BCUT2D eigenvalue weighted by Crippen LogP contribution is -2.27. The average Bonchev–Trinajstić information content (AvgIpc) is 2.77. The van der Waals surface area contributed by atoms with Crippen LogP contribution in [0.4, 0.5) is 0 Å². The third-order valence-corrected chi connectivity index (χ3v) is 3.85. The lowest BCUT2D eigenvalue weighted by Gasteiger charge is -2.21. The molecule has 0 N–H and O–H groups in total. The minimum absolute atomic E-state index is 0.00297. The third-order valence-electron chi connectivity index (χ3n) is 3.85. The van der Waals surface area contributed by atoms with Crippen molar-refractivity contribution in [2.45, 2.75) is 25.3 Å². The van der Waals surface area contributed by atoms with Crippen LogP contribution in [0.25, 0.3) is 0 Å². The first-order valence-corrected chi connectivity index (χ1v) is 6.59. The zero-order chi connectivity index (χ0) is 13.2. The molecule has 19 heavy (non-hydrogen) atoms. The van der Waals surface area contributed by atoms with Gasteiger partial charge in [0, 0.05) is 18.4 Å². The Morgan fingerprint density at radius 2 is 1.68 bits per heavy atom. The molecule has 0 radical (unpaired) electrons. The fourth-order valence-corrected chi connectivity index (χ4v) is 2.62. The van der Waals surface area contributed by atoms with E-state index >= 15 is 0 Å². The fraction of sp³-hybridized carbons (Fsp3) is 0.312. The third kappa shape index (κ3) is 2.27. The summed E-state index contributed by atoms with van der Waals surface area (Å²) in [5, 5.41) is 0. The van der Waals surface area contributed by atoms with Crippen LogP contribution in [0.15, 0.2) is 54.9 Å². The highest BCUT2D eigenvalue weighted by Crippen LogP contribution is 2.40. The van der Waals surface area contributed by atoms with Gasteiger partial charge in [-0.2, -0.15) is 0 Å². The van der Waals surface area contributed by atoms with Crippen LogP contribution >= 0.6 is 0 Å². The number of pyridine rings is 1. The van der Waals surface area contributed by atoms with E-state index < -0.39 is 0 Å². The number of hydrogen-bond acceptors (Lipinski definition) is 3. The molecule has 3 heteroatoms. The predicted octanol–water partition coefficient (Wildman–Crippen LogP) is 3.17. The number of likely N-dealkylation sites (N-methyl/N-ethyl adjacent to an activating group) is 1. The Balaban J connectivity index is 1.88. The Bertz CT molecular complexity index is 479. The number of hydrogen-bond donors (Lipinski definition) is 0. The molecule has 1 aliphatic heterocycles. The van der Waals surface area contributed by atoms with Crippen LogP contribution in [0.5, 0.6) is 0 Å². The van der Waals surface area contributed by atoms with Crippen LogP contribution in [0.1, 0.15) is 30.4 Å². The van der Waals surface area contributed by atoms with Gasteiger partial charge in [-0.05, 0) is 37.2 Å². The lowest BCUT2D eigenvalue weighted by atomic mass is 10.0. The molecule has 1 aromatic heterocycles. The molecule has 3 unspecified atom stereocenters. The molecule has 98 valence electrons. The molecular formula is C16H18N2O. The molecule has 1 aliphatic rings. The van der Waals surface area contributed by atoms with Gasteiger partial charge < -0.3 is 4.74 Å². The molecular weight excluding hydrogens is 236 g/mol. The summed E-state index contributed by atoms with van der Waals surface area (Å²) in [5.74, 6) is 0. The Hall–Kier alpha value is -1.71. The second kappa shape index (κ2) is 5.11. The number of aromatic nitrogens is 1. The predicted molar refractivity (Wildman–Crippen MR) is 74.5 cm³/mol. The maximum atomic E-state index is 6.26. The van der Waals surface area contributed by atoms with Crippen molar-refractivity contribution in [1.82, 2.24) is 9.88 Å². The summed E-state index contributed by atoms with van der Waals surface area (Å²) >= 11 is 0. The molecule has 0 bridgehead atoms. The molecule has 0 saturated carbocycles. The van der Waals surface area contributed by atoms with Crippen LogP contribution in [0.2, 0.25) is 0 Å². The molecule has 0 amide bonds. The lowest BCUT2D eigenvalue weighted by molar-refractivity contribution is 0.00555. The molecule has 3 nitrogen and oxygen atoms in total. The zero-order valence-electron chi connectivity index (χ0n) is 11.2. The van der Waals surface area contributed by atoms with Crippen molar-refractivity contribution in [2.24, 2.45) is 0 Å². The van der Waals surface area contributed by atoms with E-state index in [0.29, 0.717) is 6.04 Å². The van der Waals surface area contributed by atoms with E-state index in [1.54, 1.807) is 0 Å². The van der Waals surface area contributed by atoms with Gasteiger partial charge >= 0.3 is 0 Å². The highest BCUT2D eigenvalue weighted by Gasteiger charge is 2.38. The number of nitrogens with zero attached hydrogens (tertiary/aromatic N) is 2. The van der Waals surface area contributed by atoms with E-state index in [1.807, 2.05) is 30.6 Å². The minimum Gasteiger partial charge on any atom is -0.349 e. The van der Waals surface area contributed by atoms with E-state index in [4.69, 9.17) is 4.74 Å². The Morgan fingerprint density at radius 1 is 1.00 bits per heavy atom. The van der Waals surface area contributed by atoms with E-state index in [0.717, 1.165) is 5.56 Å². The SMILES string of the molecule is CC1C(c2ccccc2)OC(c2ccncc2)N1C. The topological polar surface area (TPSA) is 25.4 Å². The largest absolute Gasteiger partial charge is 0.349 e.